The third kappa shape index (κ3) is 8.82. The van der Waals surface area contributed by atoms with Crippen molar-refractivity contribution in [2.45, 2.75) is 123 Å². The molecule has 2 aliphatic carbocycles. The monoisotopic (exact) mass is 426 g/mol. The molecule has 0 unspecified atom stereocenters. The molecule has 3 rings (SSSR count). The SMILES string of the molecule is CCCCCCC1CCC(C2CCC(CCc3ccc(OCCCC)cc3)CC2)CC1. The van der Waals surface area contributed by atoms with E-state index in [1.807, 2.05) is 0 Å². The molecule has 0 aliphatic heterocycles. The molecule has 0 bridgehead atoms. The van der Waals surface area contributed by atoms with Crippen LogP contribution in [-0.2, 0) is 6.42 Å². The summed E-state index contributed by atoms with van der Waals surface area (Å²) in [6, 6.07) is 8.91. The van der Waals surface area contributed by atoms with Gasteiger partial charge in [-0.15, -0.1) is 0 Å². The van der Waals surface area contributed by atoms with Gasteiger partial charge in [-0.05, 0) is 86.3 Å². The molecule has 2 saturated carbocycles. The molecule has 0 atom stereocenters. The van der Waals surface area contributed by atoms with Gasteiger partial charge < -0.3 is 4.74 Å². The smallest absolute Gasteiger partial charge is 0.119 e. The lowest BCUT2D eigenvalue weighted by atomic mass is 9.68. The van der Waals surface area contributed by atoms with E-state index in [4.69, 9.17) is 4.74 Å². The molecule has 31 heavy (non-hydrogen) atoms. The van der Waals surface area contributed by atoms with E-state index in [1.54, 1.807) is 12.8 Å². The van der Waals surface area contributed by atoms with Crippen molar-refractivity contribution in [1.82, 2.24) is 0 Å². The Kier molecular flexibility index (Phi) is 11.3. The molecule has 1 aromatic rings. The van der Waals surface area contributed by atoms with Gasteiger partial charge in [0.2, 0.25) is 0 Å². The second kappa shape index (κ2) is 14.2. The molecule has 176 valence electrons. The van der Waals surface area contributed by atoms with Gasteiger partial charge in [-0.1, -0.05) is 90.2 Å². The molecule has 2 fully saturated rings. The van der Waals surface area contributed by atoms with Gasteiger partial charge in [0, 0.05) is 0 Å². The summed E-state index contributed by atoms with van der Waals surface area (Å²) in [6.07, 6.45) is 24.4. The van der Waals surface area contributed by atoms with E-state index >= 15 is 0 Å². The normalized spacial score (nSPS) is 26.6. The molecule has 2 aliphatic rings. The van der Waals surface area contributed by atoms with Crippen LogP contribution in [-0.4, -0.2) is 6.61 Å². The Balaban J connectivity index is 1.28. The summed E-state index contributed by atoms with van der Waals surface area (Å²) >= 11 is 0. The Morgan fingerprint density at radius 1 is 0.645 bits per heavy atom. The highest BCUT2D eigenvalue weighted by molar-refractivity contribution is 5.27. The van der Waals surface area contributed by atoms with Gasteiger partial charge in [0.15, 0.2) is 0 Å². The summed E-state index contributed by atoms with van der Waals surface area (Å²) in [4.78, 5) is 0. The maximum absolute atomic E-state index is 5.80. The fraction of sp³-hybridized carbons (Fsp3) is 0.800. The lowest BCUT2D eigenvalue weighted by Gasteiger charge is -2.38. The minimum atomic E-state index is 0.847. The number of benzene rings is 1. The standard InChI is InChI=1S/C30H50O/c1-3-5-7-8-9-25-12-18-28(19-13-25)29-20-14-26(15-21-29)10-11-27-16-22-30(23-17-27)31-24-6-4-2/h16-17,22-23,25-26,28-29H,3-15,18-21,24H2,1-2H3. The Morgan fingerprint density at radius 2 is 1.23 bits per heavy atom. The van der Waals surface area contributed by atoms with Crippen molar-refractivity contribution in [1.29, 1.82) is 0 Å². The highest BCUT2D eigenvalue weighted by Gasteiger charge is 2.30. The first-order valence-corrected chi connectivity index (χ1v) is 14.0. The Hall–Kier alpha value is -0.980. The quantitative estimate of drug-likeness (QED) is 0.285. The summed E-state index contributed by atoms with van der Waals surface area (Å²) in [6.45, 7) is 5.38. The highest BCUT2D eigenvalue weighted by atomic mass is 16.5. The summed E-state index contributed by atoms with van der Waals surface area (Å²) in [5, 5.41) is 0. The molecule has 0 aromatic heterocycles. The average Bonchev–Trinajstić information content (AvgIpc) is 2.82. The second-order valence-electron chi connectivity index (χ2n) is 10.8. The molecule has 1 aromatic carbocycles. The molecule has 0 saturated heterocycles. The predicted molar refractivity (Wildman–Crippen MR) is 135 cm³/mol. The number of rotatable bonds is 13. The largest absolute Gasteiger partial charge is 0.494 e. The van der Waals surface area contributed by atoms with E-state index in [0.29, 0.717) is 0 Å². The topological polar surface area (TPSA) is 9.23 Å². The van der Waals surface area contributed by atoms with Crippen LogP contribution in [0.5, 0.6) is 5.75 Å². The summed E-state index contributed by atoms with van der Waals surface area (Å²) in [7, 11) is 0. The fourth-order valence-electron chi connectivity index (χ4n) is 6.21. The first-order chi connectivity index (χ1) is 15.3. The molecular formula is C30H50O. The van der Waals surface area contributed by atoms with Crippen molar-refractivity contribution in [3.8, 4) is 5.75 Å². The highest BCUT2D eigenvalue weighted by Crippen LogP contribution is 2.43. The van der Waals surface area contributed by atoms with Gasteiger partial charge in [-0.2, -0.15) is 0 Å². The molecule has 0 heterocycles. The van der Waals surface area contributed by atoms with E-state index in [-0.39, 0.29) is 0 Å². The average molecular weight is 427 g/mol. The van der Waals surface area contributed by atoms with Crippen LogP contribution in [0.15, 0.2) is 24.3 Å². The van der Waals surface area contributed by atoms with E-state index in [2.05, 4.69) is 38.1 Å². The number of hydrogen-bond donors (Lipinski definition) is 0. The molecule has 0 amide bonds. The summed E-state index contributed by atoms with van der Waals surface area (Å²) < 4.78 is 5.80. The van der Waals surface area contributed by atoms with Crippen LogP contribution in [0, 0.1) is 23.7 Å². The van der Waals surface area contributed by atoms with Crippen LogP contribution in [0.3, 0.4) is 0 Å². The van der Waals surface area contributed by atoms with Crippen molar-refractivity contribution in [3.05, 3.63) is 29.8 Å². The third-order valence-corrected chi connectivity index (χ3v) is 8.45. The molecule has 1 nitrogen and oxygen atoms in total. The van der Waals surface area contributed by atoms with Crippen molar-refractivity contribution in [3.63, 3.8) is 0 Å². The van der Waals surface area contributed by atoms with Crippen LogP contribution in [0.2, 0.25) is 0 Å². The zero-order valence-corrected chi connectivity index (χ0v) is 20.8. The van der Waals surface area contributed by atoms with Gasteiger partial charge in [0.25, 0.3) is 0 Å². The van der Waals surface area contributed by atoms with E-state index in [0.717, 1.165) is 42.4 Å². The van der Waals surface area contributed by atoms with Crippen LogP contribution < -0.4 is 4.74 Å². The van der Waals surface area contributed by atoms with Crippen molar-refractivity contribution in [2.24, 2.45) is 23.7 Å². The number of unbranched alkanes of at least 4 members (excludes halogenated alkanes) is 4. The van der Waals surface area contributed by atoms with Crippen LogP contribution in [0.4, 0.5) is 0 Å². The molecule has 1 heteroatoms. The summed E-state index contributed by atoms with van der Waals surface area (Å²) in [5.41, 5.74) is 1.49. The Labute approximate surface area is 193 Å². The summed E-state index contributed by atoms with van der Waals surface area (Å²) in [5.74, 6) is 5.18. The number of ether oxygens (including phenoxy) is 1. The lowest BCUT2D eigenvalue weighted by molar-refractivity contribution is 0.140. The minimum absolute atomic E-state index is 0.847. The van der Waals surface area contributed by atoms with Crippen LogP contribution in [0.25, 0.3) is 0 Å². The second-order valence-corrected chi connectivity index (χ2v) is 10.8. The van der Waals surface area contributed by atoms with Crippen molar-refractivity contribution < 1.29 is 4.74 Å². The number of hydrogen-bond acceptors (Lipinski definition) is 1. The fourth-order valence-corrected chi connectivity index (χ4v) is 6.21. The maximum Gasteiger partial charge on any atom is 0.119 e. The third-order valence-electron chi connectivity index (χ3n) is 8.45. The Morgan fingerprint density at radius 3 is 1.81 bits per heavy atom. The van der Waals surface area contributed by atoms with Crippen molar-refractivity contribution >= 4 is 0 Å². The maximum atomic E-state index is 5.80. The molecule has 0 N–H and O–H groups in total. The Bertz CT molecular complexity index is 561. The minimum Gasteiger partial charge on any atom is -0.494 e. The van der Waals surface area contributed by atoms with E-state index in [1.165, 1.54) is 95.5 Å². The molecule has 0 spiro atoms. The first kappa shape index (κ1) is 24.7. The van der Waals surface area contributed by atoms with Gasteiger partial charge in [-0.25, -0.2) is 0 Å². The molecule has 0 radical (unpaired) electrons. The van der Waals surface area contributed by atoms with Gasteiger partial charge in [-0.3, -0.25) is 0 Å². The zero-order valence-electron chi connectivity index (χ0n) is 20.8. The first-order valence-electron chi connectivity index (χ1n) is 14.0. The number of aryl methyl sites for hydroxylation is 1. The van der Waals surface area contributed by atoms with Gasteiger partial charge in [0.05, 0.1) is 6.61 Å². The van der Waals surface area contributed by atoms with E-state index in [9.17, 15) is 0 Å². The van der Waals surface area contributed by atoms with Crippen LogP contribution in [0.1, 0.15) is 122 Å². The molecular weight excluding hydrogens is 376 g/mol. The zero-order chi connectivity index (χ0) is 21.7. The lowest BCUT2D eigenvalue weighted by Crippen LogP contribution is -2.26. The van der Waals surface area contributed by atoms with Crippen LogP contribution >= 0.6 is 0 Å². The van der Waals surface area contributed by atoms with E-state index < -0.39 is 0 Å². The van der Waals surface area contributed by atoms with Crippen molar-refractivity contribution in [2.75, 3.05) is 6.61 Å². The predicted octanol–water partition coefficient (Wildman–Crippen LogP) is 9.38. The van der Waals surface area contributed by atoms with Gasteiger partial charge >= 0.3 is 0 Å². The van der Waals surface area contributed by atoms with Gasteiger partial charge in [0.1, 0.15) is 5.75 Å².